The van der Waals surface area contributed by atoms with Crippen molar-refractivity contribution < 1.29 is 9.53 Å². The summed E-state index contributed by atoms with van der Waals surface area (Å²) in [5.74, 6) is 1.95. The third-order valence-corrected chi connectivity index (χ3v) is 3.39. The van der Waals surface area contributed by atoms with Gasteiger partial charge in [0.15, 0.2) is 5.96 Å². The molecule has 0 heterocycles. The minimum Gasteiger partial charge on any atom is -0.444 e. The van der Waals surface area contributed by atoms with Gasteiger partial charge in [-0.15, -0.1) is 0 Å². The van der Waals surface area contributed by atoms with E-state index in [1.165, 1.54) is 12.8 Å². The highest BCUT2D eigenvalue weighted by Gasteiger charge is 2.22. The molecule has 1 atom stereocenters. The number of guanidine groups is 1. The van der Waals surface area contributed by atoms with Crippen LogP contribution in [0.4, 0.5) is 4.79 Å². The van der Waals surface area contributed by atoms with Crippen molar-refractivity contribution in [1.82, 2.24) is 15.5 Å². The Hall–Kier alpha value is -1.46. The Kier molecular flexibility index (Phi) is 6.97. The molecule has 22 heavy (non-hydrogen) atoms. The van der Waals surface area contributed by atoms with Gasteiger partial charge in [-0.05, 0) is 45.4 Å². The highest BCUT2D eigenvalue weighted by molar-refractivity contribution is 5.79. The Morgan fingerprint density at radius 2 is 2.00 bits per heavy atom. The number of aliphatic imine (C=N–C) groups is 1. The first kappa shape index (κ1) is 18.6. The Bertz CT molecular complexity index is 386. The molecule has 0 saturated heterocycles. The summed E-state index contributed by atoms with van der Waals surface area (Å²) in [4.78, 5) is 17.8. The lowest BCUT2D eigenvalue weighted by atomic mass is 10.1. The molecule has 1 saturated carbocycles. The lowest BCUT2D eigenvalue weighted by Crippen LogP contribution is -2.43. The predicted molar refractivity (Wildman–Crippen MR) is 90.1 cm³/mol. The van der Waals surface area contributed by atoms with E-state index in [1.54, 1.807) is 19.0 Å². The van der Waals surface area contributed by atoms with Crippen LogP contribution < -0.4 is 10.6 Å². The van der Waals surface area contributed by atoms with Crippen LogP contribution in [0.1, 0.15) is 40.5 Å². The number of nitrogens with one attached hydrogen (secondary N) is 2. The summed E-state index contributed by atoms with van der Waals surface area (Å²) in [5.41, 5.74) is -0.457. The first-order valence-corrected chi connectivity index (χ1v) is 8.10. The zero-order chi connectivity index (χ0) is 16.8. The Morgan fingerprint density at radius 1 is 1.36 bits per heavy atom. The van der Waals surface area contributed by atoms with E-state index in [-0.39, 0.29) is 6.09 Å². The van der Waals surface area contributed by atoms with Gasteiger partial charge < -0.3 is 20.3 Å². The average Bonchev–Trinajstić information content (AvgIpc) is 3.21. The van der Waals surface area contributed by atoms with Gasteiger partial charge in [0.05, 0.1) is 0 Å². The topological polar surface area (TPSA) is 66.0 Å². The fraction of sp³-hybridized carbons (Fsp3) is 0.875. The summed E-state index contributed by atoms with van der Waals surface area (Å²) in [5, 5.41) is 6.63. The molecule has 1 unspecified atom stereocenters. The molecule has 0 spiro atoms. The fourth-order valence-electron chi connectivity index (χ4n) is 2.00. The molecule has 1 rings (SSSR count). The Labute approximate surface area is 134 Å². The summed E-state index contributed by atoms with van der Waals surface area (Å²) >= 11 is 0. The summed E-state index contributed by atoms with van der Waals surface area (Å²) in [6.45, 7) is 10.1. The molecule has 0 aliphatic heterocycles. The number of carbonyl (C=O) groups is 1. The van der Waals surface area contributed by atoms with Gasteiger partial charge in [-0.1, -0.05) is 6.92 Å². The van der Waals surface area contributed by atoms with Crippen LogP contribution >= 0.6 is 0 Å². The molecule has 1 aliphatic rings. The molecular weight excluding hydrogens is 280 g/mol. The van der Waals surface area contributed by atoms with E-state index in [2.05, 4.69) is 22.5 Å². The highest BCUT2D eigenvalue weighted by Crippen LogP contribution is 2.27. The minimum atomic E-state index is -0.457. The van der Waals surface area contributed by atoms with Crippen molar-refractivity contribution in [2.45, 2.75) is 46.1 Å². The third-order valence-electron chi connectivity index (χ3n) is 3.39. The van der Waals surface area contributed by atoms with Crippen LogP contribution in [-0.4, -0.2) is 56.3 Å². The van der Waals surface area contributed by atoms with E-state index >= 15 is 0 Å². The number of nitrogens with zero attached hydrogens (tertiary/aromatic N) is 2. The monoisotopic (exact) mass is 312 g/mol. The van der Waals surface area contributed by atoms with Crippen molar-refractivity contribution in [1.29, 1.82) is 0 Å². The molecule has 0 aromatic rings. The van der Waals surface area contributed by atoms with Crippen molar-refractivity contribution in [2.75, 3.05) is 33.7 Å². The fourth-order valence-corrected chi connectivity index (χ4v) is 2.00. The quantitative estimate of drug-likeness (QED) is 0.582. The zero-order valence-corrected chi connectivity index (χ0v) is 14.9. The van der Waals surface area contributed by atoms with Crippen molar-refractivity contribution in [3.05, 3.63) is 0 Å². The third kappa shape index (κ3) is 8.10. The minimum absolute atomic E-state index is 0.282. The molecule has 2 N–H and O–H groups in total. The van der Waals surface area contributed by atoms with E-state index in [4.69, 9.17) is 4.74 Å². The van der Waals surface area contributed by atoms with E-state index in [1.807, 2.05) is 20.8 Å². The van der Waals surface area contributed by atoms with Crippen molar-refractivity contribution in [3.63, 3.8) is 0 Å². The van der Waals surface area contributed by atoms with Crippen LogP contribution in [0.2, 0.25) is 0 Å². The molecule has 1 aliphatic carbocycles. The van der Waals surface area contributed by atoms with Gasteiger partial charge in [-0.3, -0.25) is 4.99 Å². The predicted octanol–water partition coefficient (Wildman–Crippen LogP) is 2.06. The second-order valence-corrected chi connectivity index (χ2v) is 7.24. The number of rotatable bonds is 6. The average molecular weight is 312 g/mol. The van der Waals surface area contributed by atoms with Crippen LogP contribution in [-0.2, 0) is 4.74 Å². The van der Waals surface area contributed by atoms with E-state index in [0.29, 0.717) is 12.5 Å². The second kappa shape index (κ2) is 8.25. The Balaban J connectivity index is 2.25. The standard InChI is InChI=1S/C16H32N4O2/c1-12(11-20(6)15(21)22-16(2,3)4)9-18-14(17-5)19-10-13-7-8-13/h12-13H,7-11H2,1-6H3,(H2,17,18,19). The molecule has 0 aromatic carbocycles. The summed E-state index contributed by atoms with van der Waals surface area (Å²) in [7, 11) is 3.55. The number of carbonyl (C=O) groups excluding carboxylic acids is 1. The molecule has 1 fully saturated rings. The largest absolute Gasteiger partial charge is 0.444 e. The first-order chi connectivity index (χ1) is 10.2. The van der Waals surface area contributed by atoms with Crippen LogP contribution in [0.25, 0.3) is 0 Å². The number of amides is 1. The summed E-state index contributed by atoms with van der Waals surface area (Å²) in [6.07, 6.45) is 2.36. The van der Waals surface area contributed by atoms with E-state index in [0.717, 1.165) is 25.0 Å². The van der Waals surface area contributed by atoms with Gasteiger partial charge in [-0.25, -0.2) is 4.79 Å². The van der Waals surface area contributed by atoms with Gasteiger partial charge in [0.1, 0.15) is 5.60 Å². The smallest absolute Gasteiger partial charge is 0.410 e. The van der Waals surface area contributed by atoms with Crippen molar-refractivity contribution in [2.24, 2.45) is 16.8 Å². The molecule has 1 amide bonds. The van der Waals surface area contributed by atoms with Gasteiger partial charge >= 0.3 is 6.09 Å². The van der Waals surface area contributed by atoms with Crippen molar-refractivity contribution in [3.8, 4) is 0 Å². The molecule has 6 heteroatoms. The number of hydrogen-bond acceptors (Lipinski definition) is 3. The number of hydrogen-bond donors (Lipinski definition) is 2. The normalized spacial score (nSPS) is 16.9. The number of ether oxygens (including phenoxy) is 1. The summed E-state index contributed by atoms with van der Waals surface area (Å²) < 4.78 is 5.35. The Morgan fingerprint density at radius 3 is 2.50 bits per heavy atom. The molecule has 0 radical (unpaired) electrons. The maximum absolute atomic E-state index is 11.9. The van der Waals surface area contributed by atoms with Gasteiger partial charge in [0.2, 0.25) is 0 Å². The first-order valence-electron chi connectivity index (χ1n) is 8.10. The maximum Gasteiger partial charge on any atom is 0.410 e. The highest BCUT2D eigenvalue weighted by atomic mass is 16.6. The van der Waals surface area contributed by atoms with Gasteiger partial charge in [-0.2, -0.15) is 0 Å². The molecule has 0 aromatic heterocycles. The second-order valence-electron chi connectivity index (χ2n) is 7.24. The lowest BCUT2D eigenvalue weighted by Gasteiger charge is -2.26. The van der Waals surface area contributed by atoms with Crippen LogP contribution in [0, 0.1) is 11.8 Å². The lowest BCUT2D eigenvalue weighted by molar-refractivity contribution is 0.0278. The van der Waals surface area contributed by atoms with Gasteiger partial charge in [0, 0.05) is 33.7 Å². The van der Waals surface area contributed by atoms with Crippen molar-refractivity contribution >= 4 is 12.1 Å². The summed E-state index contributed by atoms with van der Waals surface area (Å²) in [6, 6.07) is 0. The van der Waals surface area contributed by atoms with Gasteiger partial charge in [0.25, 0.3) is 0 Å². The van der Waals surface area contributed by atoms with Crippen LogP contribution in [0.5, 0.6) is 0 Å². The van der Waals surface area contributed by atoms with E-state index < -0.39 is 5.60 Å². The molecular formula is C16H32N4O2. The SMILES string of the molecule is CN=C(NCC(C)CN(C)C(=O)OC(C)(C)C)NCC1CC1. The molecule has 6 nitrogen and oxygen atoms in total. The van der Waals surface area contributed by atoms with Crippen LogP contribution in [0.15, 0.2) is 4.99 Å². The molecule has 128 valence electrons. The van der Waals surface area contributed by atoms with Crippen LogP contribution in [0.3, 0.4) is 0 Å². The maximum atomic E-state index is 11.9. The van der Waals surface area contributed by atoms with E-state index in [9.17, 15) is 4.79 Å². The molecule has 0 bridgehead atoms. The zero-order valence-electron chi connectivity index (χ0n) is 14.9.